The molecule has 4 N–H and O–H groups in total. The quantitative estimate of drug-likeness (QED) is 0.347. The number of rotatable bonds is 4. The Morgan fingerprint density at radius 1 is 1.41 bits per heavy atom. The molecular weight excluding hydrogens is 222 g/mol. The molecule has 0 aliphatic carbocycles. The molecule has 0 saturated carbocycles. The summed E-state index contributed by atoms with van der Waals surface area (Å²) in [5.41, 5.74) is 10.8. The van der Waals surface area contributed by atoms with Gasteiger partial charge in [0.25, 0.3) is 5.69 Å². The molecule has 88 valence electrons. The van der Waals surface area contributed by atoms with E-state index in [0.717, 1.165) is 0 Å². The fourth-order valence-corrected chi connectivity index (χ4v) is 1.03. The maximum Gasteiger partial charge on any atom is 0.270 e. The van der Waals surface area contributed by atoms with Crippen LogP contribution in [-0.2, 0) is 0 Å². The lowest BCUT2D eigenvalue weighted by Gasteiger charge is -1.92. The Balaban J connectivity index is 2.72. The zero-order valence-electron chi connectivity index (χ0n) is 8.85. The summed E-state index contributed by atoms with van der Waals surface area (Å²) in [6.07, 6.45) is 4.60. The molecule has 0 radical (unpaired) electrons. The number of hydrogen-bond acceptors (Lipinski definition) is 4. The molecule has 0 bridgehead atoms. The second-order valence-corrected chi connectivity index (χ2v) is 3.00. The van der Waals surface area contributed by atoms with Crippen LogP contribution in [0.15, 0.2) is 40.5 Å². The second-order valence-electron chi connectivity index (χ2n) is 3.00. The van der Waals surface area contributed by atoms with E-state index in [1.807, 2.05) is 0 Å². The van der Waals surface area contributed by atoms with E-state index in [4.69, 9.17) is 11.5 Å². The van der Waals surface area contributed by atoms with Crippen molar-refractivity contribution in [1.82, 2.24) is 0 Å². The first-order valence-electron chi connectivity index (χ1n) is 4.62. The van der Waals surface area contributed by atoms with Gasteiger partial charge >= 0.3 is 0 Å². The Bertz CT molecular complexity index is 489. The van der Waals surface area contributed by atoms with Crippen molar-refractivity contribution in [2.45, 2.75) is 0 Å². The molecule has 0 heterocycles. The number of nitrogens with zero attached hydrogens (tertiary/aromatic N) is 3. The largest absolute Gasteiger partial charge is 0.369 e. The summed E-state index contributed by atoms with van der Waals surface area (Å²) in [5, 5.41) is 17.4. The average Bonchev–Trinajstić information content (AvgIpc) is 2.28. The van der Waals surface area contributed by atoms with Gasteiger partial charge in [0.1, 0.15) is 0 Å². The zero-order valence-corrected chi connectivity index (χ0v) is 8.85. The third kappa shape index (κ3) is 4.56. The molecule has 1 aromatic rings. The minimum Gasteiger partial charge on any atom is -0.369 e. The summed E-state index contributed by atoms with van der Waals surface area (Å²) < 4.78 is 0. The van der Waals surface area contributed by atoms with Crippen LogP contribution in [0.4, 0.5) is 5.69 Å². The van der Waals surface area contributed by atoms with Crippen LogP contribution in [0.25, 0.3) is 6.08 Å². The number of nitro groups is 1. The van der Waals surface area contributed by atoms with Crippen molar-refractivity contribution >= 4 is 23.9 Å². The Kier molecular flexibility index (Phi) is 4.37. The van der Waals surface area contributed by atoms with Gasteiger partial charge in [0.2, 0.25) is 5.96 Å². The Morgan fingerprint density at radius 3 is 2.82 bits per heavy atom. The standard InChI is InChI=1S/C10H11N5O2/c11-10(12)14-13-6-2-4-8-3-1-5-9(7-8)15(16)17/h1-7H,(H4,11,12,14)/b4-2+,13-6+. The third-order valence-corrected chi connectivity index (χ3v) is 1.70. The van der Waals surface area contributed by atoms with Gasteiger partial charge in [0, 0.05) is 18.3 Å². The van der Waals surface area contributed by atoms with Crippen molar-refractivity contribution in [3.63, 3.8) is 0 Å². The van der Waals surface area contributed by atoms with E-state index in [9.17, 15) is 10.1 Å². The molecule has 0 amide bonds. The molecule has 0 fully saturated rings. The van der Waals surface area contributed by atoms with E-state index in [1.165, 1.54) is 18.3 Å². The normalized spacial score (nSPS) is 10.8. The molecule has 7 heteroatoms. The van der Waals surface area contributed by atoms with Gasteiger partial charge in [-0.05, 0) is 11.6 Å². The maximum absolute atomic E-state index is 10.5. The summed E-state index contributed by atoms with van der Waals surface area (Å²) >= 11 is 0. The van der Waals surface area contributed by atoms with Crippen LogP contribution in [0.1, 0.15) is 5.56 Å². The van der Waals surface area contributed by atoms with Crippen molar-refractivity contribution in [3.05, 3.63) is 46.0 Å². The SMILES string of the molecule is NC(N)=N/N=C/C=C/c1cccc([N+](=O)[O-])c1. The van der Waals surface area contributed by atoms with Crippen LogP contribution >= 0.6 is 0 Å². The molecule has 0 spiro atoms. The number of guanidine groups is 1. The highest BCUT2D eigenvalue weighted by Gasteiger charge is 2.02. The van der Waals surface area contributed by atoms with Crippen LogP contribution < -0.4 is 11.5 Å². The summed E-state index contributed by atoms with van der Waals surface area (Å²) in [6.45, 7) is 0. The van der Waals surface area contributed by atoms with Crippen molar-refractivity contribution in [1.29, 1.82) is 0 Å². The molecule has 7 nitrogen and oxygen atoms in total. The summed E-state index contributed by atoms with van der Waals surface area (Å²) in [5.74, 6) is -0.134. The minimum atomic E-state index is -0.454. The van der Waals surface area contributed by atoms with Crippen molar-refractivity contribution in [2.75, 3.05) is 0 Å². The van der Waals surface area contributed by atoms with Gasteiger partial charge in [-0.25, -0.2) is 0 Å². The molecule has 0 atom stereocenters. The molecule has 0 unspecified atom stereocenters. The second kappa shape index (κ2) is 6.01. The van der Waals surface area contributed by atoms with Crippen LogP contribution in [0.2, 0.25) is 0 Å². The highest BCUT2D eigenvalue weighted by atomic mass is 16.6. The zero-order chi connectivity index (χ0) is 12.7. The van der Waals surface area contributed by atoms with Gasteiger partial charge < -0.3 is 11.5 Å². The van der Waals surface area contributed by atoms with Crippen molar-refractivity contribution in [2.24, 2.45) is 21.7 Å². The first-order chi connectivity index (χ1) is 8.09. The van der Waals surface area contributed by atoms with E-state index < -0.39 is 4.92 Å². The summed E-state index contributed by atoms with van der Waals surface area (Å²) in [7, 11) is 0. The number of nitro benzene ring substituents is 1. The predicted octanol–water partition coefficient (Wildman–Crippen LogP) is 0.867. The molecular formula is C10H11N5O2. The highest BCUT2D eigenvalue weighted by molar-refractivity contribution is 5.80. The molecule has 0 aliphatic rings. The van der Waals surface area contributed by atoms with Crippen LogP contribution in [0.3, 0.4) is 0 Å². The van der Waals surface area contributed by atoms with Crippen molar-refractivity contribution < 1.29 is 4.92 Å². The van der Waals surface area contributed by atoms with E-state index in [1.54, 1.807) is 24.3 Å². The minimum absolute atomic E-state index is 0.0355. The average molecular weight is 233 g/mol. The maximum atomic E-state index is 10.5. The van der Waals surface area contributed by atoms with E-state index in [2.05, 4.69) is 10.2 Å². The highest BCUT2D eigenvalue weighted by Crippen LogP contribution is 2.13. The predicted molar refractivity (Wildman–Crippen MR) is 66.4 cm³/mol. The first kappa shape index (κ1) is 12.4. The lowest BCUT2D eigenvalue weighted by molar-refractivity contribution is -0.384. The van der Waals surface area contributed by atoms with E-state index in [-0.39, 0.29) is 11.6 Å². The molecule has 17 heavy (non-hydrogen) atoms. The monoisotopic (exact) mass is 233 g/mol. The number of non-ortho nitro benzene ring substituents is 1. The van der Waals surface area contributed by atoms with Gasteiger partial charge in [0.05, 0.1) is 4.92 Å². The molecule has 1 rings (SSSR count). The van der Waals surface area contributed by atoms with E-state index >= 15 is 0 Å². The van der Waals surface area contributed by atoms with Crippen molar-refractivity contribution in [3.8, 4) is 0 Å². The number of hydrogen-bond donors (Lipinski definition) is 2. The van der Waals surface area contributed by atoms with Gasteiger partial charge in [-0.1, -0.05) is 18.2 Å². The molecule has 0 saturated heterocycles. The van der Waals surface area contributed by atoms with E-state index in [0.29, 0.717) is 5.56 Å². The van der Waals surface area contributed by atoms with Gasteiger partial charge in [-0.3, -0.25) is 10.1 Å². The smallest absolute Gasteiger partial charge is 0.270 e. The number of allylic oxidation sites excluding steroid dienone is 1. The summed E-state index contributed by atoms with van der Waals surface area (Å²) in [4.78, 5) is 10.1. The van der Waals surface area contributed by atoms with Crippen LogP contribution in [-0.4, -0.2) is 17.1 Å². The topological polar surface area (TPSA) is 120 Å². The first-order valence-corrected chi connectivity index (χ1v) is 4.62. The van der Waals surface area contributed by atoms with Gasteiger partial charge in [0.15, 0.2) is 0 Å². The number of nitrogens with two attached hydrogens (primary N) is 2. The van der Waals surface area contributed by atoms with Gasteiger partial charge in [-0.2, -0.15) is 5.10 Å². The molecule has 0 aromatic heterocycles. The Labute approximate surface area is 97.3 Å². The van der Waals surface area contributed by atoms with Crippen LogP contribution in [0.5, 0.6) is 0 Å². The van der Waals surface area contributed by atoms with Gasteiger partial charge in [-0.15, -0.1) is 5.10 Å². The lowest BCUT2D eigenvalue weighted by atomic mass is 10.2. The molecule has 0 aliphatic heterocycles. The summed E-state index contributed by atoms with van der Waals surface area (Å²) in [6, 6.07) is 6.21. The Morgan fingerprint density at radius 2 is 2.18 bits per heavy atom. The van der Waals surface area contributed by atoms with Crippen LogP contribution in [0, 0.1) is 10.1 Å². The fourth-order valence-electron chi connectivity index (χ4n) is 1.03. The lowest BCUT2D eigenvalue weighted by Crippen LogP contribution is -2.21. The number of benzene rings is 1. The molecule has 1 aromatic carbocycles. The fraction of sp³-hybridized carbons (Fsp3) is 0. The third-order valence-electron chi connectivity index (χ3n) is 1.70. The Hall–Kier alpha value is -2.70.